The molecular formula is C14H35N2O2P. The Labute approximate surface area is 122 Å². The van der Waals surface area contributed by atoms with E-state index in [1.54, 1.807) is 14.0 Å². The van der Waals surface area contributed by atoms with Crippen molar-refractivity contribution in [2.75, 3.05) is 20.3 Å². The van der Waals surface area contributed by atoms with Gasteiger partial charge in [-0.1, -0.05) is 50.3 Å². The fourth-order valence-corrected chi connectivity index (χ4v) is 1.51. The number of rotatable bonds is 6. The maximum absolute atomic E-state index is 10.3. The Balaban J connectivity index is -0.0000000977. The zero-order chi connectivity index (χ0) is 16.3. The predicted molar refractivity (Wildman–Crippen MR) is 89.4 cm³/mol. The first-order chi connectivity index (χ1) is 8.99. The first-order valence-corrected chi connectivity index (χ1v) is 8.51. The Morgan fingerprint density at radius 2 is 1.63 bits per heavy atom. The molecule has 19 heavy (non-hydrogen) atoms. The quantitative estimate of drug-likeness (QED) is 0.584. The number of aldehydes is 1. The molecule has 0 aliphatic rings. The van der Waals surface area contributed by atoms with E-state index in [4.69, 9.17) is 0 Å². The summed E-state index contributed by atoms with van der Waals surface area (Å²) in [6.45, 7) is 16.1. The van der Waals surface area contributed by atoms with Crippen LogP contribution < -0.4 is 10.4 Å². The SMILES string of the molecule is CC.CC.CNCC(C)=O.CPNC(C=O)C(C)C. The van der Waals surface area contributed by atoms with Gasteiger partial charge in [0.05, 0.1) is 12.6 Å². The number of likely N-dealkylation sites (N-methyl/N-ethyl adjacent to an activating group) is 1. The molecule has 118 valence electrons. The van der Waals surface area contributed by atoms with Crippen molar-refractivity contribution >= 4 is 20.8 Å². The van der Waals surface area contributed by atoms with Gasteiger partial charge in [0.1, 0.15) is 12.1 Å². The third-order valence-corrected chi connectivity index (χ3v) is 2.22. The Hall–Kier alpha value is -0.310. The minimum atomic E-state index is 0.0494. The summed E-state index contributed by atoms with van der Waals surface area (Å²) in [6.07, 6.45) is 0.973. The summed E-state index contributed by atoms with van der Waals surface area (Å²) in [4.78, 5) is 20.3. The standard InChI is InChI=1S/C6H14NOP.C4H9NO.2C2H6/c1-5(2)6(4-8)7-9-3;1-4(6)3-5-2;2*1-2/h4-7,9H,1-3H3;5H,3H2,1-2H3;2*1-2H3. The molecule has 0 heterocycles. The third kappa shape index (κ3) is 31.9. The summed E-state index contributed by atoms with van der Waals surface area (Å²) in [7, 11) is 2.41. The van der Waals surface area contributed by atoms with Gasteiger partial charge in [-0.25, -0.2) is 0 Å². The Morgan fingerprint density at radius 3 is 1.68 bits per heavy atom. The molecule has 0 saturated carbocycles. The van der Waals surface area contributed by atoms with Gasteiger partial charge < -0.3 is 10.1 Å². The zero-order valence-electron chi connectivity index (χ0n) is 14.3. The van der Waals surface area contributed by atoms with Crippen LogP contribution in [0.5, 0.6) is 0 Å². The second kappa shape index (κ2) is 26.3. The lowest BCUT2D eigenvalue weighted by Gasteiger charge is -2.13. The molecule has 0 fully saturated rings. The van der Waals surface area contributed by atoms with Crippen molar-refractivity contribution in [2.24, 2.45) is 5.92 Å². The van der Waals surface area contributed by atoms with E-state index in [1.807, 2.05) is 48.2 Å². The normalized spacial score (nSPS) is 10.4. The molecule has 2 unspecified atom stereocenters. The van der Waals surface area contributed by atoms with Crippen LogP contribution in [0.2, 0.25) is 0 Å². The second-order valence-corrected chi connectivity index (χ2v) is 4.32. The third-order valence-electron chi connectivity index (χ3n) is 1.60. The molecule has 0 bridgehead atoms. The van der Waals surface area contributed by atoms with Crippen LogP contribution in [0.15, 0.2) is 0 Å². The van der Waals surface area contributed by atoms with Crippen LogP contribution in [0.25, 0.3) is 0 Å². The van der Waals surface area contributed by atoms with Gasteiger partial charge in [0.25, 0.3) is 0 Å². The van der Waals surface area contributed by atoms with E-state index in [2.05, 4.69) is 10.4 Å². The maximum Gasteiger partial charge on any atom is 0.143 e. The molecule has 0 radical (unpaired) electrons. The van der Waals surface area contributed by atoms with E-state index in [0.29, 0.717) is 21.2 Å². The lowest BCUT2D eigenvalue weighted by molar-refractivity contribution is -0.116. The van der Waals surface area contributed by atoms with Gasteiger partial charge in [-0.3, -0.25) is 9.88 Å². The van der Waals surface area contributed by atoms with E-state index in [9.17, 15) is 9.59 Å². The number of nitrogens with one attached hydrogen (secondary N) is 2. The minimum Gasteiger partial charge on any atom is -0.313 e. The number of ketones is 1. The molecule has 4 nitrogen and oxygen atoms in total. The zero-order valence-corrected chi connectivity index (χ0v) is 15.3. The van der Waals surface area contributed by atoms with Crippen molar-refractivity contribution in [2.45, 2.75) is 54.5 Å². The topological polar surface area (TPSA) is 58.2 Å². The van der Waals surface area contributed by atoms with Crippen molar-refractivity contribution in [1.82, 2.24) is 10.4 Å². The van der Waals surface area contributed by atoms with Gasteiger partial charge in [0.2, 0.25) is 0 Å². The molecule has 5 heteroatoms. The lowest BCUT2D eigenvalue weighted by Crippen LogP contribution is -2.28. The predicted octanol–water partition coefficient (Wildman–Crippen LogP) is 2.87. The van der Waals surface area contributed by atoms with Crippen molar-refractivity contribution < 1.29 is 9.59 Å². The molecule has 2 atom stereocenters. The Morgan fingerprint density at radius 1 is 1.21 bits per heavy atom. The van der Waals surface area contributed by atoms with Crippen LogP contribution in [-0.2, 0) is 9.59 Å². The van der Waals surface area contributed by atoms with E-state index in [-0.39, 0.29) is 11.8 Å². The molecule has 0 aliphatic heterocycles. The molecule has 0 aliphatic carbocycles. The van der Waals surface area contributed by atoms with E-state index in [0.717, 1.165) is 6.29 Å². The summed E-state index contributed by atoms with van der Waals surface area (Å²) >= 11 is 0. The van der Waals surface area contributed by atoms with Crippen LogP contribution >= 0.6 is 8.73 Å². The molecule has 0 saturated heterocycles. The molecule has 2 N–H and O–H groups in total. The highest BCUT2D eigenvalue weighted by atomic mass is 31.1. The molecule has 0 aromatic heterocycles. The molecule has 0 spiro atoms. The van der Waals surface area contributed by atoms with E-state index < -0.39 is 0 Å². The monoisotopic (exact) mass is 294 g/mol. The highest BCUT2D eigenvalue weighted by Gasteiger charge is 2.08. The van der Waals surface area contributed by atoms with Gasteiger partial charge in [0.15, 0.2) is 0 Å². The Bertz CT molecular complexity index is 177. The fourth-order valence-electron chi connectivity index (χ4n) is 0.773. The van der Waals surface area contributed by atoms with Crippen LogP contribution in [0.4, 0.5) is 0 Å². The highest BCUT2D eigenvalue weighted by Crippen LogP contribution is 2.04. The van der Waals surface area contributed by atoms with E-state index >= 15 is 0 Å². The van der Waals surface area contributed by atoms with Crippen LogP contribution in [0, 0.1) is 5.92 Å². The second-order valence-electron chi connectivity index (χ2n) is 3.53. The van der Waals surface area contributed by atoms with Crippen molar-refractivity contribution in [1.29, 1.82) is 0 Å². The average Bonchev–Trinajstić information content (AvgIpc) is 2.40. The summed E-state index contributed by atoms with van der Waals surface area (Å²) in [5, 5.41) is 5.81. The summed E-state index contributed by atoms with van der Waals surface area (Å²) in [5.74, 6) is 0.590. The number of Topliss-reactive ketones (excluding diaryl/α,β-unsaturated/α-hetero) is 1. The van der Waals surface area contributed by atoms with Gasteiger partial charge in [-0.2, -0.15) is 0 Å². The average molecular weight is 294 g/mol. The first kappa shape index (κ1) is 27.1. The molecule has 0 amide bonds. The first-order valence-electron chi connectivity index (χ1n) is 7.01. The van der Waals surface area contributed by atoms with Gasteiger partial charge in [-0.05, 0) is 26.6 Å². The van der Waals surface area contributed by atoms with Gasteiger partial charge in [-0.15, -0.1) is 0 Å². The molecular weight excluding hydrogens is 259 g/mol. The Kier molecular flexibility index (Phi) is 37.5. The van der Waals surface area contributed by atoms with E-state index in [1.165, 1.54) is 0 Å². The van der Waals surface area contributed by atoms with Crippen molar-refractivity contribution in [3.8, 4) is 0 Å². The number of hydrogen-bond donors (Lipinski definition) is 2. The van der Waals surface area contributed by atoms with Crippen molar-refractivity contribution in [3.05, 3.63) is 0 Å². The van der Waals surface area contributed by atoms with Crippen molar-refractivity contribution in [3.63, 3.8) is 0 Å². The smallest absolute Gasteiger partial charge is 0.143 e. The number of carbonyl (C=O) groups excluding carboxylic acids is 2. The maximum atomic E-state index is 10.3. The van der Waals surface area contributed by atoms with Crippen LogP contribution in [-0.4, -0.2) is 38.4 Å². The van der Waals surface area contributed by atoms with Crippen LogP contribution in [0.1, 0.15) is 48.5 Å². The summed E-state index contributed by atoms with van der Waals surface area (Å²) in [6, 6.07) is 0.0494. The lowest BCUT2D eigenvalue weighted by atomic mass is 10.1. The van der Waals surface area contributed by atoms with Crippen LogP contribution in [0.3, 0.4) is 0 Å². The fraction of sp³-hybridized carbons (Fsp3) is 0.857. The molecule has 0 aromatic rings. The largest absolute Gasteiger partial charge is 0.313 e. The molecule has 0 aromatic carbocycles. The van der Waals surface area contributed by atoms with Gasteiger partial charge >= 0.3 is 0 Å². The highest BCUT2D eigenvalue weighted by molar-refractivity contribution is 7.34. The summed E-state index contributed by atoms with van der Waals surface area (Å²) < 4.78 is 0. The minimum absolute atomic E-state index is 0.0494. The molecule has 0 rings (SSSR count). The van der Waals surface area contributed by atoms with Gasteiger partial charge in [0, 0.05) is 0 Å². The number of carbonyl (C=O) groups is 2. The summed E-state index contributed by atoms with van der Waals surface area (Å²) in [5.41, 5.74) is 0. The number of hydrogen-bond acceptors (Lipinski definition) is 4.